The minimum atomic E-state index is -5.70. The highest BCUT2D eigenvalue weighted by Crippen LogP contribution is 2.70. The molecule has 2 aliphatic carbocycles. The van der Waals surface area contributed by atoms with E-state index in [-0.39, 0.29) is 41.8 Å². The van der Waals surface area contributed by atoms with Crippen LogP contribution in [-0.2, 0) is 471 Å². The summed E-state index contributed by atoms with van der Waals surface area (Å²) in [5.74, 6) is -32.2. The van der Waals surface area contributed by atoms with E-state index in [4.69, 9.17) is 22.4 Å². The number of thiophene rings is 4. The summed E-state index contributed by atoms with van der Waals surface area (Å²) in [5, 5.41) is 0. The van der Waals surface area contributed by atoms with Crippen LogP contribution in [0.3, 0.4) is 0 Å². The Morgan fingerprint density at radius 1 is 0.185 bits per heavy atom. The van der Waals surface area contributed by atoms with E-state index in [1.807, 2.05) is 302 Å². The summed E-state index contributed by atoms with van der Waals surface area (Å²) in [5.41, 5.74) is -2.48. The van der Waals surface area contributed by atoms with Crippen molar-refractivity contribution >= 4 is 599 Å². The van der Waals surface area contributed by atoms with Gasteiger partial charge in [0.05, 0.1) is 0 Å². The van der Waals surface area contributed by atoms with Crippen molar-refractivity contribution in [2.75, 3.05) is 0 Å². The molecular formula is C74H42Br4F12S56. The molecule has 14 rings (SSSR count). The summed E-state index contributed by atoms with van der Waals surface area (Å²) < 4.78 is 194. The molecule has 0 nitrogen and oxygen atoms in total. The monoisotopic (exact) mass is 3260 g/mol. The molecule has 4 heterocycles. The minimum Gasteiger partial charge on any atom is -0.194 e. The molecule has 146 heavy (non-hydrogen) atoms. The Kier molecular flexibility index (Phi) is 66.2. The van der Waals surface area contributed by atoms with Gasteiger partial charge < -0.3 is 0 Å². The molecule has 0 unspecified atom stereocenters. The van der Waals surface area contributed by atoms with Crippen molar-refractivity contribution in [3.05, 3.63) is 286 Å². The van der Waals surface area contributed by atoms with Crippen molar-refractivity contribution in [1.29, 1.82) is 0 Å². The van der Waals surface area contributed by atoms with E-state index in [1.165, 1.54) is 42.0 Å². The first kappa shape index (κ1) is 132. The van der Waals surface area contributed by atoms with E-state index < -0.39 is 57.8 Å². The molecular weight excluding hydrogens is 3230 g/mol. The van der Waals surface area contributed by atoms with Crippen molar-refractivity contribution in [1.82, 2.24) is 0 Å². The van der Waals surface area contributed by atoms with E-state index in [0.29, 0.717) is 64.0 Å². The Hall–Kier alpha value is 4.56. The Morgan fingerprint density at radius 2 is 0.315 bits per heavy atom. The summed E-state index contributed by atoms with van der Waals surface area (Å²) in [6.07, 6.45) is 0. The third-order valence-corrected chi connectivity index (χ3v) is 128. The van der Waals surface area contributed by atoms with E-state index >= 15 is 52.7 Å². The number of hydrogen-bond acceptors (Lipinski definition) is 8. The maximum Gasteiger partial charge on any atom is 0.380 e. The first-order chi connectivity index (χ1) is 70.9. The van der Waals surface area contributed by atoms with E-state index in [9.17, 15) is 0 Å². The standard InChI is InChI=1S/C37H20Br2F6S2.C37H22F6S2.Br2.S50.S2/c38-25-15-11-21(12-16-25)29-19-27(33(46-29)23-7-3-1-4-8-23)31-32(36(42,43)37(44,45)35(31,40)41)28-20-30(22-13-17-26(39)18-14-22)47-34(28)24-9-5-2-6-10-24;38-35(39)31(27-21-29(23-13-5-1-6-14-23)44-33(27)25-17-9-3-10-18-25)32(36(40,41)37(35,42)43)28-22-30(24-15-7-2-8-16-24)45-34(28)26-19-11-4-12-20-26;1-2;1-3-5-7-9-11-13-15-17-19-21-23-25-27-29-31-33-35-37-39-41-43-45-47-49-50-48-46-44-42-40-38-36-34-32-30-28-26-24-22-20-18-16-14-12-10-8-6-4-2;1-2/h1-20H;1-22H;;;. The van der Waals surface area contributed by atoms with Crippen LogP contribution in [0.15, 0.2) is 264 Å². The van der Waals surface area contributed by atoms with E-state index in [1.54, 1.807) is 337 Å². The van der Waals surface area contributed by atoms with Crippen molar-refractivity contribution in [2.24, 2.45) is 0 Å². The van der Waals surface area contributed by atoms with Gasteiger partial charge in [-0.3, -0.25) is 0 Å². The van der Waals surface area contributed by atoms with Crippen LogP contribution >= 0.6 is 105 Å². The molecule has 0 amide bonds. The molecule has 4 aromatic heterocycles. The fourth-order valence-corrected chi connectivity index (χ4v) is 143. The molecule has 0 bridgehead atoms. The van der Waals surface area contributed by atoms with Crippen molar-refractivity contribution in [3.63, 3.8) is 0 Å². The quantitative estimate of drug-likeness (QED) is 0.112. The number of benzene rings is 8. The summed E-state index contributed by atoms with van der Waals surface area (Å²) in [6, 6.07) is 70.6. The smallest absolute Gasteiger partial charge is 0.194 e. The van der Waals surface area contributed by atoms with Crippen LogP contribution in [0.25, 0.3) is 106 Å². The topological polar surface area (TPSA) is 0 Å². The van der Waals surface area contributed by atoms with Crippen LogP contribution in [0.2, 0.25) is 0 Å². The van der Waals surface area contributed by atoms with Gasteiger partial charge in [0.15, 0.2) is 0 Å². The Morgan fingerprint density at radius 3 is 0.459 bits per heavy atom. The van der Waals surface area contributed by atoms with Gasteiger partial charge in [-0.25, -0.2) is 0 Å². The number of allylic oxidation sites excluding steroid dienone is 4. The lowest BCUT2D eigenvalue weighted by Crippen LogP contribution is -2.48. The number of alkyl halides is 12. The maximum absolute atomic E-state index is 16.3. The lowest BCUT2D eigenvalue weighted by Gasteiger charge is -2.26. The Labute approximate surface area is 1040 Å². The van der Waals surface area contributed by atoms with Gasteiger partial charge in [-0.05, 0) is 93.0 Å². The first-order valence-corrected chi connectivity index (χ1v) is 112. The van der Waals surface area contributed by atoms with Crippen LogP contribution in [0.5, 0.6) is 0 Å². The molecule has 0 aliphatic heterocycles. The van der Waals surface area contributed by atoms with Gasteiger partial charge in [0.25, 0.3) is 0 Å². The zero-order chi connectivity index (χ0) is 104. The summed E-state index contributed by atoms with van der Waals surface area (Å²) >= 11 is 33.6. The summed E-state index contributed by atoms with van der Waals surface area (Å²) in [7, 11) is 85.7. The zero-order valence-corrected chi connectivity index (χ0v) is 121. The molecule has 0 saturated heterocycles. The Balaban J connectivity index is 0.000000220. The lowest BCUT2D eigenvalue weighted by atomic mass is 9.92. The number of hydrogen-bond donors (Lipinski definition) is 0. The molecule has 72 heteroatoms. The van der Waals surface area contributed by atoms with Crippen LogP contribution in [-0.4, -0.2) is 35.5 Å². The Bertz CT molecular complexity index is 8850. The lowest BCUT2D eigenvalue weighted by molar-refractivity contribution is -0.254. The largest absolute Gasteiger partial charge is 0.380 e. The molecule has 2 aliphatic rings. The van der Waals surface area contributed by atoms with Gasteiger partial charge in [0, 0.05) is 592 Å². The average molecular weight is 3270 g/mol. The molecule has 0 radical (unpaired) electrons. The second-order valence-electron chi connectivity index (χ2n) is 24.8. The molecule has 0 spiro atoms. The molecule has 786 valence electrons. The van der Waals surface area contributed by atoms with Crippen molar-refractivity contribution < 1.29 is 52.7 Å². The van der Waals surface area contributed by atoms with Gasteiger partial charge in [-0.15, -0.1) is 45.3 Å². The molecule has 12 aromatic rings. The highest BCUT2D eigenvalue weighted by Gasteiger charge is 2.82. The zero-order valence-electron chi connectivity index (χ0n) is 69.2. The fraction of sp³-hybridized carbons (Fsp3) is 0.0811. The predicted octanol–water partition coefficient (Wildman–Crippen LogP) is 27.7. The van der Waals surface area contributed by atoms with E-state index in [2.05, 4.69) is 82.5 Å². The van der Waals surface area contributed by atoms with Crippen LogP contribution in [0, 0.1) is 0 Å². The SMILES string of the molecule is BrBr.FC1(F)C(c2cc(-c3ccc(Br)cc3)sc2-c2ccccc2)=C(c2cc(-c3ccc(Br)cc3)sc2-c2ccccc2)C(F)(F)C1(F)F.FC1(F)C(c2cc(-c3ccccc3)sc2-c2ccccc2)=C(c2cc(-c3ccccc3)sc2-c2ccccc2)C(F)(F)C1(F)F.S=S.S=S=S=S=S=S=S=S=S=S=S=S=S=S=S=S=S=S=S=S=S=S=S=S=S=S=S=S=S=S=S=S=S=S=S=S=S=S=S=S=S=S=S=S=S=S=S=S=S=S. The van der Waals surface area contributed by atoms with Crippen molar-refractivity contribution in [3.8, 4) is 83.5 Å². The summed E-state index contributed by atoms with van der Waals surface area (Å²) in [6.45, 7) is 0. The molecule has 0 N–H and O–H groups in total. The second kappa shape index (κ2) is 73.1. The van der Waals surface area contributed by atoms with Crippen LogP contribution in [0.4, 0.5) is 52.7 Å². The molecule has 0 atom stereocenters. The molecule has 0 saturated carbocycles. The second-order valence-corrected chi connectivity index (χ2v) is 116. The van der Waals surface area contributed by atoms with Gasteiger partial charge in [0.2, 0.25) is 0 Å². The normalized spacial score (nSPS) is 13.2. The highest BCUT2D eigenvalue weighted by atomic mass is 80.9. The number of halogens is 16. The van der Waals surface area contributed by atoms with Gasteiger partial charge in [0.1, 0.15) is 0 Å². The van der Waals surface area contributed by atoms with Gasteiger partial charge in [-0.1, -0.05) is 238 Å². The van der Waals surface area contributed by atoms with Crippen molar-refractivity contribution in [2.45, 2.75) is 35.5 Å². The fourth-order valence-electron chi connectivity index (χ4n) is 11.9. The molecule has 8 aromatic carbocycles. The van der Waals surface area contributed by atoms with Crippen LogP contribution in [0.1, 0.15) is 22.3 Å². The highest BCUT2D eigenvalue weighted by molar-refractivity contribution is 9.93. The third-order valence-electron chi connectivity index (χ3n) is 17.2. The van der Waals surface area contributed by atoms with E-state index in [0.717, 1.165) is 54.3 Å². The first-order valence-electron chi connectivity index (χ1n) is 36.7. The van der Waals surface area contributed by atoms with Gasteiger partial charge >= 0.3 is 35.5 Å². The van der Waals surface area contributed by atoms with Crippen LogP contribution < -0.4 is 0 Å². The number of rotatable bonds is 12. The minimum absolute atomic E-state index is 0.189. The molecule has 0 fully saturated rings. The summed E-state index contributed by atoms with van der Waals surface area (Å²) in [4.78, 5) is 2.70. The third kappa shape index (κ3) is 40.2. The maximum atomic E-state index is 16.3. The average Bonchev–Trinajstić information content (AvgIpc) is 1.52. The van der Waals surface area contributed by atoms with Gasteiger partial charge in [-0.2, -0.15) is 52.7 Å². The predicted molar refractivity (Wildman–Crippen MR) is 760 cm³/mol.